The SMILES string of the molecule is CCNC(C)c1ccnc(N2CCCC2CCCO)c1. The van der Waals surface area contributed by atoms with Crippen molar-refractivity contribution >= 4 is 5.82 Å². The summed E-state index contributed by atoms with van der Waals surface area (Å²) in [5, 5.41) is 12.5. The molecular weight excluding hydrogens is 250 g/mol. The largest absolute Gasteiger partial charge is 0.396 e. The summed E-state index contributed by atoms with van der Waals surface area (Å²) in [6.45, 7) is 6.67. The Morgan fingerprint density at radius 3 is 3.15 bits per heavy atom. The van der Waals surface area contributed by atoms with Crippen molar-refractivity contribution in [1.29, 1.82) is 0 Å². The van der Waals surface area contributed by atoms with Gasteiger partial charge in [0, 0.05) is 31.4 Å². The maximum atomic E-state index is 9.02. The first-order chi connectivity index (χ1) is 9.76. The molecule has 0 spiro atoms. The highest BCUT2D eigenvalue weighted by Crippen LogP contribution is 2.28. The predicted molar refractivity (Wildman–Crippen MR) is 83.0 cm³/mol. The lowest BCUT2D eigenvalue weighted by atomic mass is 10.1. The fraction of sp³-hybridized carbons (Fsp3) is 0.688. The number of nitrogens with one attached hydrogen (secondary N) is 1. The van der Waals surface area contributed by atoms with Crippen LogP contribution in [0.4, 0.5) is 5.82 Å². The number of aliphatic hydroxyl groups is 1. The molecule has 0 radical (unpaired) electrons. The lowest BCUT2D eigenvalue weighted by Gasteiger charge is -2.26. The summed E-state index contributed by atoms with van der Waals surface area (Å²) in [5.41, 5.74) is 1.30. The Morgan fingerprint density at radius 1 is 1.55 bits per heavy atom. The van der Waals surface area contributed by atoms with Crippen molar-refractivity contribution in [1.82, 2.24) is 10.3 Å². The standard InChI is InChI=1S/C16H27N3O/c1-3-17-13(2)14-8-9-18-16(12-14)19-10-4-6-15(19)7-5-11-20/h8-9,12-13,15,17,20H,3-7,10-11H2,1-2H3. The van der Waals surface area contributed by atoms with Crippen LogP contribution in [0.5, 0.6) is 0 Å². The Balaban J connectivity index is 2.09. The van der Waals surface area contributed by atoms with E-state index in [4.69, 9.17) is 5.11 Å². The van der Waals surface area contributed by atoms with Gasteiger partial charge in [0.1, 0.15) is 5.82 Å². The number of rotatable bonds is 7. The Bertz CT molecular complexity index is 410. The molecular formula is C16H27N3O. The Kier molecular flexibility index (Phi) is 5.80. The zero-order valence-corrected chi connectivity index (χ0v) is 12.7. The van der Waals surface area contributed by atoms with Gasteiger partial charge in [0.2, 0.25) is 0 Å². The molecule has 2 unspecified atom stereocenters. The van der Waals surface area contributed by atoms with Gasteiger partial charge in [-0.1, -0.05) is 6.92 Å². The minimum atomic E-state index is 0.287. The third-order valence-corrected chi connectivity index (χ3v) is 4.15. The van der Waals surface area contributed by atoms with Gasteiger partial charge in [-0.25, -0.2) is 4.98 Å². The van der Waals surface area contributed by atoms with Crippen LogP contribution in [0.3, 0.4) is 0 Å². The molecule has 1 aliphatic heterocycles. The van der Waals surface area contributed by atoms with E-state index in [1.807, 2.05) is 6.20 Å². The molecule has 1 aromatic heterocycles. The Morgan fingerprint density at radius 2 is 2.40 bits per heavy atom. The molecule has 20 heavy (non-hydrogen) atoms. The molecule has 112 valence electrons. The molecule has 0 aliphatic carbocycles. The summed E-state index contributed by atoms with van der Waals surface area (Å²) in [6.07, 6.45) is 6.30. The molecule has 0 saturated carbocycles. The molecule has 1 saturated heterocycles. The van der Waals surface area contributed by atoms with E-state index in [2.05, 4.69) is 41.2 Å². The van der Waals surface area contributed by atoms with E-state index in [-0.39, 0.29) is 6.61 Å². The second-order valence-corrected chi connectivity index (χ2v) is 5.58. The van der Waals surface area contributed by atoms with Gasteiger partial charge in [-0.2, -0.15) is 0 Å². The van der Waals surface area contributed by atoms with Crippen LogP contribution in [0.15, 0.2) is 18.3 Å². The van der Waals surface area contributed by atoms with Crippen LogP contribution in [0.25, 0.3) is 0 Å². The van der Waals surface area contributed by atoms with Gasteiger partial charge in [0.25, 0.3) is 0 Å². The van der Waals surface area contributed by atoms with Crippen molar-refractivity contribution in [2.24, 2.45) is 0 Å². The number of pyridine rings is 1. The topological polar surface area (TPSA) is 48.4 Å². The smallest absolute Gasteiger partial charge is 0.129 e. The van der Waals surface area contributed by atoms with Crippen LogP contribution in [-0.2, 0) is 0 Å². The third-order valence-electron chi connectivity index (χ3n) is 4.15. The van der Waals surface area contributed by atoms with E-state index in [9.17, 15) is 0 Å². The molecule has 0 bridgehead atoms. The van der Waals surface area contributed by atoms with Crippen molar-refractivity contribution in [3.63, 3.8) is 0 Å². The Hall–Kier alpha value is -1.13. The van der Waals surface area contributed by atoms with E-state index >= 15 is 0 Å². The summed E-state index contributed by atoms with van der Waals surface area (Å²) in [5.74, 6) is 1.09. The molecule has 1 aliphatic rings. The van der Waals surface area contributed by atoms with E-state index in [1.54, 1.807) is 0 Å². The first kappa shape index (κ1) is 15.3. The molecule has 4 nitrogen and oxygen atoms in total. The van der Waals surface area contributed by atoms with E-state index in [0.29, 0.717) is 12.1 Å². The number of aliphatic hydroxyl groups excluding tert-OH is 1. The summed E-state index contributed by atoms with van der Waals surface area (Å²) < 4.78 is 0. The lowest BCUT2D eigenvalue weighted by molar-refractivity contribution is 0.279. The summed E-state index contributed by atoms with van der Waals surface area (Å²) >= 11 is 0. The maximum absolute atomic E-state index is 9.02. The molecule has 0 amide bonds. The van der Waals surface area contributed by atoms with Crippen molar-refractivity contribution in [2.75, 3.05) is 24.6 Å². The van der Waals surface area contributed by atoms with Gasteiger partial charge in [0.05, 0.1) is 0 Å². The van der Waals surface area contributed by atoms with Crippen molar-refractivity contribution in [3.05, 3.63) is 23.9 Å². The van der Waals surface area contributed by atoms with Gasteiger partial charge >= 0.3 is 0 Å². The van der Waals surface area contributed by atoms with Crippen LogP contribution in [0.2, 0.25) is 0 Å². The number of nitrogens with zero attached hydrogens (tertiary/aromatic N) is 2. The number of hydrogen-bond donors (Lipinski definition) is 2. The molecule has 2 heterocycles. The normalized spacial score (nSPS) is 20.4. The molecule has 2 rings (SSSR count). The first-order valence-corrected chi connectivity index (χ1v) is 7.83. The van der Waals surface area contributed by atoms with Gasteiger partial charge in [-0.3, -0.25) is 0 Å². The minimum absolute atomic E-state index is 0.287. The van der Waals surface area contributed by atoms with Crippen molar-refractivity contribution < 1.29 is 5.11 Å². The number of hydrogen-bond acceptors (Lipinski definition) is 4. The zero-order chi connectivity index (χ0) is 14.4. The number of anilines is 1. The Labute approximate surface area is 122 Å². The van der Waals surface area contributed by atoms with Crippen molar-refractivity contribution in [2.45, 2.75) is 51.6 Å². The second kappa shape index (κ2) is 7.60. The van der Waals surface area contributed by atoms with Crippen LogP contribution in [0.1, 0.15) is 51.1 Å². The minimum Gasteiger partial charge on any atom is -0.396 e. The van der Waals surface area contributed by atoms with Crippen molar-refractivity contribution in [3.8, 4) is 0 Å². The van der Waals surface area contributed by atoms with Gasteiger partial charge < -0.3 is 15.3 Å². The maximum Gasteiger partial charge on any atom is 0.129 e. The molecule has 4 heteroatoms. The van der Waals surface area contributed by atoms with Gasteiger partial charge in [-0.15, -0.1) is 0 Å². The van der Waals surface area contributed by atoms with Gasteiger partial charge in [-0.05, 0) is 56.8 Å². The van der Waals surface area contributed by atoms with Crippen LogP contribution in [-0.4, -0.2) is 35.8 Å². The highest BCUT2D eigenvalue weighted by atomic mass is 16.2. The fourth-order valence-electron chi connectivity index (χ4n) is 3.05. The van der Waals surface area contributed by atoms with Crippen LogP contribution < -0.4 is 10.2 Å². The summed E-state index contributed by atoms with van der Waals surface area (Å²) in [7, 11) is 0. The monoisotopic (exact) mass is 277 g/mol. The predicted octanol–water partition coefficient (Wildman–Crippen LogP) is 2.49. The highest BCUT2D eigenvalue weighted by Gasteiger charge is 2.25. The summed E-state index contributed by atoms with van der Waals surface area (Å²) in [4.78, 5) is 6.97. The lowest BCUT2D eigenvalue weighted by Crippen LogP contribution is -2.30. The quantitative estimate of drug-likeness (QED) is 0.804. The van der Waals surface area contributed by atoms with E-state index in [1.165, 1.54) is 18.4 Å². The average Bonchev–Trinajstić information content (AvgIpc) is 2.94. The fourth-order valence-corrected chi connectivity index (χ4v) is 3.05. The zero-order valence-electron chi connectivity index (χ0n) is 12.7. The number of aromatic nitrogens is 1. The molecule has 1 aromatic rings. The second-order valence-electron chi connectivity index (χ2n) is 5.58. The van der Waals surface area contributed by atoms with E-state index < -0.39 is 0 Å². The molecule has 2 N–H and O–H groups in total. The first-order valence-electron chi connectivity index (χ1n) is 7.83. The molecule has 1 fully saturated rings. The van der Waals surface area contributed by atoms with E-state index in [0.717, 1.165) is 31.7 Å². The average molecular weight is 277 g/mol. The third kappa shape index (κ3) is 3.70. The molecule has 2 atom stereocenters. The van der Waals surface area contributed by atoms with Gasteiger partial charge in [0.15, 0.2) is 0 Å². The molecule has 0 aromatic carbocycles. The highest BCUT2D eigenvalue weighted by molar-refractivity contribution is 5.44. The van der Waals surface area contributed by atoms with Crippen LogP contribution >= 0.6 is 0 Å². The van der Waals surface area contributed by atoms with Crippen LogP contribution in [0, 0.1) is 0 Å². The summed E-state index contributed by atoms with van der Waals surface area (Å²) in [6, 6.07) is 5.21.